The van der Waals surface area contributed by atoms with Crippen LogP contribution in [0.1, 0.15) is 20.3 Å². The zero-order valence-corrected chi connectivity index (χ0v) is 9.15. The number of allylic oxidation sites excluding steroid dienone is 1. The van der Waals surface area contributed by atoms with E-state index in [0.29, 0.717) is 0 Å². The van der Waals surface area contributed by atoms with Gasteiger partial charge in [-0.2, -0.15) is 0 Å². The highest BCUT2D eigenvalue weighted by Crippen LogP contribution is 2.25. The van der Waals surface area contributed by atoms with Gasteiger partial charge in [0.05, 0.1) is 0 Å². The predicted octanol–water partition coefficient (Wildman–Crippen LogP) is 2.36. The van der Waals surface area contributed by atoms with Crippen molar-refractivity contribution in [3.05, 3.63) is 12.2 Å². The van der Waals surface area contributed by atoms with Gasteiger partial charge in [0, 0.05) is 6.54 Å². The molecular weight excluding hydrogens is 188 g/mol. The molecule has 0 aromatic carbocycles. The lowest BCUT2D eigenvalue weighted by Crippen LogP contribution is -2.20. The van der Waals surface area contributed by atoms with Gasteiger partial charge in [-0.25, -0.2) is 4.40 Å². The second-order valence-electron chi connectivity index (χ2n) is 3.65. The van der Waals surface area contributed by atoms with E-state index in [1.54, 1.807) is 0 Å². The minimum Gasteiger partial charge on any atom is -0.303 e. The van der Waals surface area contributed by atoms with Crippen molar-refractivity contribution in [3.8, 4) is 0 Å². The first-order valence-corrected chi connectivity index (χ1v) is 4.73. The highest BCUT2D eigenvalue weighted by molar-refractivity contribution is 7.79. The molecule has 0 aromatic heterocycles. The molecule has 0 unspecified atom stereocenters. The summed E-state index contributed by atoms with van der Waals surface area (Å²) in [6.07, 6.45) is 5.20. The molecule has 0 aromatic rings. The van der Waals surface area contributed by atoms with Crippen molar-refractivity contribution in [2.75, 3.05) is 6.54 Å². The van der Waals surface area contributed by atoms with Gasteiger partial charge in [-0.05, 0) is 30.7 Å². The van der Waals surface area contributed by atoms with Crippen molar-refractivity contribution in [1.29, 1.82) is 0 Å². The normalized spacial score (nSPS) is 26.0. The molecule has 1 heterocycles. The van der Waals surface area contributed by atoms with Crippen LogP contribution in [-0.4, -0.2) is 16.7 Å². The second kappa shape index (κ2) is 3.75. The van der Waals surface area contributed by atoms with Crippen molar-refractivity contribution >= 4 is 31.5 Å². The Morgan fingerprint density at radius 2 is 2.25 bits per heavy atom. The molecule has 0 saturated carbocycles. The zero-order valence-electron chi connectivity index (χ0n) is 7.36. The Morgan fingerprint density at radius 1 is 1.58 bits per heavy atom. The Labute approximate surface area is 84.8 Å². The molecule has 0 saturated heterocycles. The summed E-state index contributed by atoms with van der Waals surface area (Å²) in [5.74, 6) is 0.812. The van der Waals surface area contributed by atoms with Crippen molar-refractivity contribution in [1.82, 2.24) is 4.31 Å². The van der Waals surface area contributed by atoms with Crippen LogP contribution in [0.4, 0.5) is 0 Å². The molecule has 0 radical (unpaired) electrons. The zero-order chi connectivity index (χ0) is 9.19. The third kappa shape index (κ3) is 2.45. The van der Waals surface area contributed by atoms with E-state index in [0.717, 1.165) is 18.8 Å². The maximum atomic E-state index is 4.29. The fourth-order valence-electron chi connectivity index (χ4n) is 1.06. The molecule has 0 aliphatic carbocycles. The van der Waals surface area contributed by atoms with Crippen LogP contribution in [0, 0.1) is 5.41 Å². The third-order valence-corrected chi connectivity index (χ3v) is 2.63. The summed E-state index contributed by atoms with van der Waals surface area (Å²) in [6, 6.07) is 0. The number of amidine groups is 1. The average Bonchev–Trinajstić information content (AvgIpc) is 2.13. The monoisotopic (exact) mass is 202 g/mol. The minimum atomic E-state index is 0.237. The summed E-state index contributed by atoms with van der Waals surface area (Å²) in [6.45, 7) is 5.31. The lowest BCUT2D eigenvalue weighted by Gasteiger charge is -2.19. The molecular formula is C8H14N2S2. The van der Waals surface area contributed by atoms with E-state index in [9.17, 15) is 0 Å². The van der Waals surface area contributed by atoms with Crippen LogP contribution in [0.2, 0.25) is 0 Å². The summed E-state index contributed by atoms with van der Waals surface area (Å²) >= 11 is 8.16. The molecule has 0 N–H and O–H groups in total. The molecule has 0 bridgehead atoms. The summed E-state index contributed by atoms with van der Waals surface area (Å²) in [7, 11) is 0. The Balaban J connectivity index is 2.82. The van der Waals surface area contributed by atoms with Crippen molar-refractivity contribution in [2.24, 2.45) is 9.81 Å². The Bertz CT molecular complexity index is 221. The van der Waals surface area contributed by atoms with Crippen LogP contribution in [0.3, 0.4) is 0 Å². The molecule has 1 rings (SSSR count). The Kier molecular flexibility index (Phi) is 3.12. The SMILES string of the molecule is CC1(C)C=C/C(=N\S)N(S)CC1. The molecule has 0 spiro atoms. The Morgan fingerprint density at radius 3 is 2.83 bits per heavy atom. The van der Waals surface area contributed by atoms with Crippen LogP contribution >= 0.6 is 25.6 Å². The molecule has 0 amide bonds. The van der Waals surface area contributed by atoms with Crippen LogP contribution < -0.4 is 0 Å². The second-order valence-corrected chi connectivity index (χ2v) is 4.34. The molecule has 0 atom stereocenters. The topological polar surface area (TPSA) is 15.6 Å². The van der Waals surface area contributed by atoms with E-state index in [2.05, 4.69) is 50.0 Å². The van der Waals surface area contributed by atoms with Crippen molar-refractivity contribution in [2.45, 2.75) is 20.3 Å². The van der Waals surface area contributed by atoms with Crippen LogP contribution in [-0.2, 0) is 0 Å². The highest BCUT2D eigenvalue weighted by Gasteiger charge is 2.19. The van der Waals surface area contributed by atoms with Gasteiger partial charge in [0.2, 0.25) is 0 Å². The molecule has 4 heteroatoms. The highest BCUT2D eigenvalue weighted by atomic mass is 32.1. The smallest absolute Gasteiger partial charge is 0.145 e. The van der Waals surface area contributed by atoms with Gasteiger partial charge in [0.15, 0.2) is 0 Å². The number of nitrogens with zero attached hydrogens (tertiary/aromatic N) is 2. The van der Waals surface area contributed by atoms with Crippen molar-refractivity contribution < 1.29 is 0 Å². The maximum absolute atomic E-state index is 4.29. The Hall–Kier alpha value is -0.0900. The van der Waals surface area contributed by atoms with Crippen LogP contribution in [0.5, 0.6) is 0 Å². The fraction of sp³-hybridized carbons (Fsp3) is 0.625. The largest absolute Gasteiger partial charge is 0.303 e. The van der Waals surface area contributed by atoms with Crippen molar-refractivity contribution in [3.63, 3.8) is 0 Å². The first kappa shape index (κ1) is 9.99. The summed E-state index contributed by atoms with van der Waals surface area (Å²) in [5, 5.41) is 0. The molecule has 12 heavy (non-hydrogen) atoms. The lowest BCUT2D eigenvalue weighted by atomic mass is 9.90. The molecule has 68 valence electrons. The molecule has 1 aliphatic heterocycles. The van der Waals surface area contributed by atoms with Gasteiger partial charge in [0.1, 0.15) is 5.84 Å². The van der Waals surface area contributed by atoms with Gasteiger partial charge in [-0.15, -0.1) is 0 Å². The van der Waals surface area contributed by atoms with Crippen LogP contribution in [0.25, 0.3) is 0 Å². The third-order valence-electron chi connectivity index (χ3n) is 2.02. The van der Waals surface area contributed by atoms with Gasteiger partial charge in [0.25, 0.3) is 0 Å². The number of hydrogen-bond donors (Lipinski definition) is 2. The fourth-order valence-corrected chi connectivity index (χ4v) is 1.52. The van der Waals surface area contributed by atoms with E-state index in [4.69, 9.17) is 0 Å². The molecule has 0 fully saturated rings. The summed E-state index contributed by atoms with van der Waals surface area (Å²) < 4.78 is 5.65. The number of rotatable bonds is 0. The molecule has 2 nitrogen and oxygen atoms in total. The minimum absolute atomic E-state index is 0.237. The van der Waals surface area contributed by atoms with Gasteiger partial charge >= 0.3 is 0 Å². The first-order chi connectivity index (χ1) is 5.55. The summed E-state index contributed by atoms with van der Waals surface area (Å²) in [5.41, 5.74) is 0.237. The van der Waals surface area contributed by atoms with Gasteiger partial charge < -0.3 is 4.31 Å². The quantitative estimate of drug-likeness (QED) is 0.576. The van der Waals surface area contributed by atoms with E-state index in [1.807, 2.05) is 10.4 Å². The first-order valence-electron chi connectivity index (χ1n) is 3.93. The van der Waals surface area contributed by atoms with E-state index >= 15 is 0 Å². The number of thiol groups is 2. The standard InChI is InChI=1S/C8H14N2S2/c1-8(2)4-3-7(9-11)10(12)6-5-8/h3-4,11-12H,5-6H2,1-2H3/b9-7+. The summed E-state index contributed by atoms with van der Waals surface area (Å²) in [4.78, 5) is 0. The van der Waals surface area contributed by atoms with Gasteiger partial charge in [-0.3, -0.25) is 0 Å². The average molecular weight is 202 g/mol. The van der Waals surface area contributed by atoms with Crippen LogP contribution in [0.15, 0.2) is 16.5 Å². The van der Waals surface area contributed by atoms with E-state index in [-0.39, 0.29) is 5.41 Å². The van der Waals surface area contributed by atoms with Gasteiger partial charge in [-0.1, -0.05) is 32.7 Å². The van der Waals surface area contributed by atoms with E-state index < -0.39 is 0 Å². The maximum Gasteiger partial charge on any atom is 0.145 e. The number of hydrogen-bond acceptors (Lipinski definition) is 3. The predicted molar refractivity (Wildman–Crippen MR) is 59.7 cm³/mol. The lowest BCUT2D eigenvalue weighted by molar-refractivity contribution is 0.417. The van der Waals surface area contributed by atoms with E-state index in [1.165, 1.54) is 0 Å². The molecule has 1 aliphatic rings.